The number of fused-ring (bicyclic) bond motifs is 5. The standard InChI is InChI=1S/C15H22N4OS/c1-2-3-10-17-18-15(21)19(10)7-11(20)16-14-12-8-4-5-9(6-8)13(12)14/h8-9,12-14H,2-7H2,1H3,(H,16,20)(H,18,21)/t8-,9-,12-,13+,14?/m0/s1. The SMILES string of the molecule is CCCc1n[nH]c(=S)n1CC(=O)NC1[C@@H]2[C@H]3CC[C@@H](C3)[C@H]12. The summed E-state index contributed by atoms with van der Waals surface area (Å²) in [6.07, 6.45) is 6.02. The fourth-order valence-electron chi connectivity index (χ4n) is 4.82. The molecule has 0 aliphatic heterocycles. The second-order valence-electron chi connectivity index (χ2n) is 6.86. The molecule has 3 saturated carbocycles. The van der Waals surface area contributed by atoms with Gasteiger partial charge in [-0.15, -0.1) is 0 Å². The first-order valence-corrected chi connectivity index (χ1v) is 8.53. The molecule has 5 atom stereocenters. The maximum absolute atomic E-state index is 12.3. The van der Waals surface area contributed by atoms with Gasteiger partial charge < -0.3 is 5.32 Å². The van der Waals surface area contributed by atoms with E-state index in [-0.39, 0.29) is 5.91 Å². The van der Waals surface area contributed by atoms with Crippen LogP contribution in [0.1, 0.15) is 38.4 Å². The first kappa shape index (κ1) is 13.5. The molecule has 4 rings (SSSR count). The minimum absolute atomic E-state index is 0.0867. The maximum Gasteiger partial charge on any atom is 0.240 e. The summed E-state index contributed by atoms with van der Waals surface area (Å²) in [6.45, 7) is 2.40. The zero-order chi connectivity index (χ0) is 14.6. The van der Waals surface area contributed by atoms with E-state index < -0.39 is 0 Å². The minimum atomic E-state index is 0.0867. The molecule has 0 radical (unpaired) electrons. The highest BCUT2D eigenvalue weighted by molar-refractivity contribution is 7.71. The molecule has 3 aliphatic carbocycles. The number of nitrogens with zero attached hydrogens (tertiary/aromatic N) is 2. The number of aromatic nitrogens is 3. The summed E-state index contributed by atoms with van der Waals surface area (Å²) in [5, 5.41) is 10.3. The van der Waals surface area contributed by atoms with Crippen LogP contribution < -0.4 is 5.32 Å². The van der Waals surface area contributed by atoms with Crippen LogP contribution in [0.15, 0.2) is 0 Å². The topological polar surface area (TPSA) is 62.7 Å². The molecule has 1 aromatic heterocycles. The molecule has 21 heavy (non-hydrogen) atoms. The Morgan fingerprint density at radius 3 is 2.81 bits per heavy atom. The summed E-state index contributed by atoms with van der Waals surface area (Å²) in [5.74, 6) is 4.30. The van der Waals surface area contributed by atoms with Gasteiger partial charge in [0.05, 0.1) is 0 Å². The van der Waals surface area contributed by atoms with E-state index in [1.165, 1.54) is 19.3 Å². The lowest BCUT2D eigenvalue weighted by atomic mass is 10.0. The molecule has 3 fully saturated rings. The van der Waals surface area contributed by atoms with E-state index in [9.17, 15) is 4.79 Å². The molecule has 2 bridgehead atoms. The average Bonchev–Trinajstić information content (AvgIpc) is 2.82. The Balaban J connectivity index is 1.39. The van der Waals surface area contributed by atoms with E-state index in [1.807, 2.05) is 4.57 Å². The molecular formula is C15H22N4OS. The number of amides is 1. The summed E-state index contributed by atoms with van der Waals surface area (Å²) in [4.78, 5) is 12.3. The van der Waals surface area contributed by atoms with Crippen LogP contribution in [0.4, 0.5) is 0 Å². The highest BCUT2D eigenvalue weighted by Crippen LogP contribution is 2.65. The maximum atomic E-state index is 12.3. The number of carbonyl (C=O) groups excluding carboxylic acids is 1. The third-order valence-corrected chi connectivity index (χ3v) is 5.99. The van der Waals surface area contributed by atoms with Gasteiger partial charge in [-0.3, -0.25) is 14.5 Å². The van der Waals surface area contributed by atoms with Gasteiger partial charge in [0.25, 0.3) is 0 Å². The van der Waals surface area contributed by atoms with Crippen molar-refractivity contribution < 1.29 is 4.79 Å². The fourth-order valence-corrected chi connectivity index (χ4v) is 5.04. The predicted molar refractivity (Wildman–Crippen MR) is 81.1 cm³/mol. The predicted octanol–water partition coefficient (Wildman–Crippen LogP) is 2.05. The van der Waals surface area contributed by atoms with E-state index in [0.29, 0.717) is 17.4 Å². The highest BCUT2D eigenvalue weighted by Gasteiger charge is 2.65. The second-order valence-corrected chi connectivity index (χ2v) is 7.25. The van der Waals surface area contributed by atoms with Crippen molar-refractivity contribution in [3.8, 4) is 0 Å². The first-order chi connectivity index (χ1) is 10.2. The van der Waals surface area contributed by atoms with Gasteiger partial charge in [0.1, 0.15) is 12.4 Å². The molecule has 0 aromatic carbocycles. The van der Waals surface area contributed by atoms with Crippen molar-refractivity contribution in [1.82, 2.24) is 20.1 Å². The minimum Gasteiger partial charge on any atom is -0.351 e. The summed E-state index contributed by atoms with van der Waals surface area (Å²) in [6, 6.07) is 0.444. The molecule has 6 heteroatoms. The van der Waals surface area contributed by atoms with E-state index >= 15 is 0 Å². The van der Waals surface area contributed by atoms with Gasteiger partial charge in [-0.05, 0) is 61.6 Å². The largest absolute Gasteiger partial charge is 0.351 e. The molecule has 0 saturated heterocycles. The molecule has 5 nitrogen and oxygen atoms in total. The molecule has 1 heterocycles. The van der Waals surface area contributed by atoms with Crippen molar-refractivity contribution in [1.29, 1.82) is 0 Å². The van der Waals surface area contributed by atoms with Gasteiger partial charge in [0, 0.05) is 12.5 Å². The summed E-state index contributed by atoms with van der Waals surface area (Å²) >= 11 is 5.23. The summed E-state index contributed by atoms with van der Waals surface area (Å²) in [5.41, 5.74) is 0. The van der Waals surface area contributed by atoms with E-state index in [4.69, 9.17) is 12.2 Å². The van der Waals surface area contributed by atoms with Crippen LogP contribution in [0.3, 0.4) is 0 Å². The third-order valence-electron chi connectivity index (χ3n) is 5.68. The lowest BCUT2D eigenvalue weighted by molar-refractivity contribution is -0.122. The summed E-state index contributed by atoms with van der Waals surface area (Å²) in [7, 11) is 0. The van der Waals surface area contributed by atoms with Crippen LogP contribution in [-0.2, 0) is 17.8 Å². The zero-order valence-electron chi connectivity index (χ0n) is 12.3. The monoisotopic (exact) mass is 306 g/mol. The Kier molecular flexibility index (Phi) is 3.17. The Labute approximate surface area is 129 Å². The van der Waals surface area contributed by atoms with Crippen molar-refractivity contribution in [2.24, 2.45) is 23.7 Å². The van der Waals surface area contributed by atoms with Gasteiger partial charge in [-0.1, -0.05) is 6.92 Å². The van der Waals surface area contributed by atoms with E-state index in [2.05, 4.69) is 22.4 Å². The second kappa shape index (κ2) is 4.93. The molecule has 1 aromatic rings. The Morgan fingerprint density at radius 1 is 1.43 bits per heavy atom. The molecule has 3 aliphatic rings. The van der Waals surface area contributed by atoms with Gasteiger partial charge in [-0.25, -0.2) is 0 Å². The number of nitrogens with one attached hydrogen (secondary N) is 2. The van der Waals surface area contributed by atoms with Crippen molar-refractivity contribution >= 4 is 18.1 Å². The Bertz CT molecular complexity index is 605. The number of H-pyrrole nitrogens is 1. The molecule has 1 unspecified atom stereocenters. The van der Waals surface area contributed by atoms with E-state index in [1.54, 1.807) is 0 Å². The van der Waals surface area contributed by atoms with Gasteiger partial charge in [-0.2, -0.15) is 5.10 Å². The van der Waals surface area contributed by atoms with Gasteiger partial charge in [0.15, 0.2) is 4.77 Å². The number of hydrogen-bond acceptors (Lipinski definition) is 3. The summed E-state index contributed by atoms with van der Waals surface area (Å²) < 4.78 is 2.38. The molecule has 114 valence electrons. The Morgan fingerprint density at radius 2 is 2.14 bits per heavy atom. The number of carbonyl (C=O) groups is 1. The highest BCUT2D eigenvalue weighted by atomic mass is 32.1. The van der Waals surface area contributed by atoms with Crippen LogP contribution in [0, 0.1) is 28.4 Å². The molecule has 0 spiro atoms. The third kappa shape index (κ3) is 2.15. The number of aromatic amines is 1. The molecular weight excluding hydrogens is 284 g/mol. The zero-order valence-corrected chi connectivity index (χ0v) is 13.2. The lowest BCUT2D eigenvalue weighted by Gasteiger charge is -2.11. The number of hydrogen-bond donors (Lipinski definition) is 2. The number of aryl methyl sites for hydroxylation is 1. The molecule has 2 N–H and O–H groups in total. The van der Waals surface area contributed by atoms with Crippen LogP contribution in [0.25, 0.3) is 0 Å². The fraction of sp³-hybridized carbons (Fsp3) is 0.800. The smallest absolute Gasteiger partial charge is 0.240 e. The normalized spacial score (nSPS) is 35.8. The first-order valence-electron chi connectivity index (χ1n) is 8.12. The average molecular weight is 306 g/mol. The lowest BCUT2D eigenvalue weighted by Crippen LogP contribution is -2.33. The van der Waals surface area contributed by atoms with Crippen molar-refractivity contribution in [3.63, 3.8) is 0 Å². The van der Waals surface area contributed by atoms with Crippen molar-refractivity contribution in [3.05, 3.63) is 10.6 Å². The van der Waals surface area contributed by atoms with Crippen molar-refractivity contribution in [2.75, 3.05) is 0 Å². The van der Waals surface area contributed by atoms with Gasteiger partial charge >= 0.3 is 0 Å². The van der Waals surface area contributed by atoms with Crippen LogP contribution in [0.2, 0.25) is 0 Å². The molecule has 1 amide bonds. The van der Waals surface area contributed by atoms with Crippen LogP contribution in [0.5, 0.6) is 0 Å². The van der Waals surface area contributed by atoms with Crippen LogP contribution in [-0.4, -0.2) is 26.7 Å². The Hall–Kier alpha value is -1.17. The quantitative estimate of drug-likeness (QED) is 0.819. The van der Waals surface area contributed by atoms with Gasteiger partial charge in [0.2, 0.25) is 5.91 Å². The van der Waals surface area contributed by atoms with E-state index in [0.717, 1.165) is 42.3 Å². The number of rotatable bonds is 5. The van der Waals surface area contributed by atoms with Crippen LogP contribution >= 0.6 is 12.2 Å². The van der Waals surface area contributed by atoms with Crippen molar-refractivity contribution in [2.45, 2.75) is 51.6 Å².